The predicted octanol–water partition coefficient (Wildman–Crippen LogP) is 3.04. The fraction of sp³-hybridized carbons (Fsp3) is 0.188. The summed E-state index contributed by atoms with van der Waals surface area (Å²) in [5, 5.41) is 2.01. The van der Waals surface area contributed by atoms with Gasteiger partial charge in [-0.25, -0.2) is 26.0 Å². The predicted molar refractivity (Wildman–Crippen MR) is 88.2 cm³/mol. The summed E-state index contributed by atoms with van der Waals surface area (Å²) in [6.07, 6.45) is 0.350. The molecule has 0 saturated heterocycles. The summed E-state index contributed by atoms with van der Waals surface area (Å²) in [6, 6.07) is 5.47. The maximum absolute atomic E-state index is 13.5. The largest absolute Gasteiger partial charge is 0.321 e. The van der Waals surface area contributed by atoms with E-state index in [1.54, 1.807) is 0 Å². The minimum atomic E-state index is -3.92. The van der Waals surface area contributed by atoms with Crippen molar-refractivity contribution < 1.29 is 30.8 Å². The van der Waals surface area contributed by atoms with Crippen LogP contribution < -0.4 is 9.62 Å². The number of halogens is 4. The number of benzene rings is 2. The summed E-state index contributed by atoms with van der Waals surface area (Å²) < 4.78 is 77.8. The zero-order valence-corrected chi connectivity index (χ0v) is 14.3. The SMILES string of the molecule is CS(=O)(=O)N(CCC(=O)Nc1c(F)cccc1F)c1ccc(F)c(F)c1. The van der Waals surface area contributed by atoms with Crippen molar-refractivity contribution in [1.29, 1.82) is 0 Å². The van der Waals surface area contributed by atoms with Gasteiger partial charge in [0.25, 0.3) is 0 Å². The van der Waals surface area contributed by atoms with E-state index < -0.39 is 57.9 Å². The second kappa shape index (κ2) is 7.73. The zero-order valence-electron chi connectivity index (χ0n) is 13.5. The lowest BCUT2D eigenvalue weighted by Crippen LogP contribution is -2.33. The van der Waals surface area contributed by atoms with Gasteiger partial charge in [0.1, 0.15) is 17.3 Å². The van der Waals surface area contributed by atoms with Crippen molar-refractivity contribution in [2.24, 2.45) is 0 Å². The molecule has 5 nitrogen and oxygen atoms in total. The molecule has 2 aromatic carbocycles. The molecule has 140 valence electrons. The first-order valence-corrected chi connectivity index (χ1v) is 9.11. The fourth-order valence-electron chi connectivity index (χ4n) is 2.15. The van der Waals surface area contributed by atoms with Crippen molar-refractivity contribution in [1.82, 2.24) is 0 Å². The Bertz CT molecular complexity index is 915. The highest BCUT2D eigenvalue weighted by Gasteiger charge is 2.21. The number of anilines is 2. The van der Waals surface area contributed by atoms with Crippen molar-refractivity contribution in [2.75, 3.05) is 22.4 Å². The van der Waals surface area contributed by atoms with Crippen LogP contribution in [0.1, 0.15) is 6.42 Å². The van der Waals surface area contributed by atoms with Crippen LogP contribution in [0.25, 0.3) is 0 Å². The maximum Gasteiger partial charge on any atom is 0.232 e. The van der Waals surface area contributed by atoms with Gasteiger partial charge in [-0.05, 0) is 24.3 Å². The van der Waals surface area contributed by atoms with Crippen molar-refractivity contribution in [2.45, 2.75) is 6.42 Å². The van der Waals surface area contributed by atoms with Crippen LogP contribution >= 0.6 is 0 Å². The molecular weight excluding hydrogens is 376 g/mol. The molecular formula is C16H14F4N2O3S. The summed E-state index contributed by atoms with van der Waals surface area (Å²) in [7, 11) is -3.92. The van der Waals surface area contributed by atoms with Crippen LogP contribution in [0.3, 0.4) is 0 Å². The Hall–Kier alpha value is -2.62. The molecule has 0 unspecified atom stereocenters. The smallest absolute Gasteiger partial charge is 0.232 e. The van der Waals surface area contributed by atoms with Crippen LogP contribution in [-0.4, -0.2) is 27.1 Å². The Morgan fingerprint density at radius 3 is 2.15 bits per heavy atom. The molecule has 0 heterocycles. The summed E-state index contributed by atoms with van der Waals surface area (Å²) >= 11 is 0. The number of carbonyl (C=O) groups excluding carboxylic acids is 1. The number of nitrogens with zero attached hydrogens (tertiary/aromatic N) is 1. The van der Waals surface area contributed by atoms with Crippen LogP contribution in [0.4, 0.5) is 28.9 Å². The third-order valence-electron chi connectivity index (χ3n) is 3.36. The Morgan fingerprint density at radius 2 is 1.62 bits per heavy atom. The average molecular weight is 390 g/mol. The van der Waals surface area contributed by atoms with Crippen molar-refractivity contribution in [3.63, 3.8) is 0 Å². The Kier molecular flexibility index (Phi) is 5.86. The molecule has 10 heteroatoms. The molecule has 0 saturated carbocycles. The molecule has 0 aliphatic carbocycles. The molecule has 0 spiro atoms. The van der Waals surface area contributed by atoms with Gasteiger partial charge in [-0.3, -0.25) is 9.10 Å². The van der Waals surface area contributed by atoms with E-state index in [-0.39, 0.29) is 5.69 Å². The lowest BCUT2D eigenvalue weighted by atomic mass is 10.2. The second-order valence-electron chi connectivity index (χ2n) is 5.33. The molecule has 0 fully saturated rings. The maximum atomic E-state index is 13.5. The topological polar surface area (TPSA) is 66.5 Å². The molecule has 0 aliphatic heterocycles. The van der Waals surface area contributed by atoms with Crippen molar-refractivity contribution in [3.05, 3.63) is 59.7 Å². The molecule has 0 aliphatic rings. The number of sulfonamides is 1. The van der Waals surface area contributed by atoms with Gasteiger partial charge in [0, 0.05) is 19.0 Å². The van der Waals surface area contributed by atoms with E-state index in [2.05, 4.69) is 0 Å². The summed E-state index contributed by atoms with van der Waals surface area (Å²) in [5.41, 5.74) is -0.840. The van der Waals surface area contributed by atoms with Crippen molar-refractivity contribution in [3.8, 4) is 0 Å². The number of hydrogen-bond donors (Lipinski definition) is 1. The van der Waals surface area contributed by atoms with Gasteiger partial charge in [-0.1, -0.05) is 6.07 Å². The van der Waals surface area contributed by atoms with E-state index in [1.807, 2.05) is 5.32 Å². The summed E-state index contributed by atoms with van der Waals surface area (Å²) in [6.45, 7) is -0.439. The molecule has 0 aromatic heterocycles. The number of hydrogen-bond acceptors (Lipinski definition) is 3. The first kappa shape index (κ1) is 19.7. The monoisotopic (exact) mass is 390 g/mol. The number of nitrogens with one attached hydrogen (secondary N) is 1. The molecule has 2 rings (SSSR count). The number of amides is 1. The number of carbonyl (C=O) groups is 1. The quantitative estimate of drug-likeness (QED) is 0.771. The molecule has 26 heavy (non-hydrogen) atoms. The first-order valence-electron chi connectivity index (χ1n) is 7.26. The van der Waals surface area contributed by atoms with Gasteiger partial charge >= 0.3 is 0 Å². The number of para-hydroxylation sites is 1. The van der Waals surface area contributed by atoms with Crippen LogP contribution in [0.2, 0.25) is 0 Å². The summed E-state index contributed by atoms with van der Waals surface area (Å²) in [5.74, 6) is -5.24. The highest BCUT2D eigenvalue weighted by molar-refractivity contribution is 7.92. The number of rotatable bonds is 6. The van der Waals surface area contributed by atoms with Crippen LogP contribution in [0, 0.1) is 23.3 Å². The van der Waals surface area contributed by atoms with Crippen LogP contribution in [-0.2, 0) is 14.8 Å². The third kappa shape index (κ3) is 4.72. The minimum absolute atomic E-state index is 0.184. The highest BCUT2D eigenvalue weighted by atomic mass is 32.2. The lowest BCUT2D eigenvalue weighted by molar-refractivity contribution is -0.116. The highest BCUT2D eigenvalue weighted by Crippen LogP contribution is 2.22. The van der Waals surface area contributed by atoms with E-state index in [0.717, 1.165) is 36.6 Å². The first-order chi connectivity index (χ1) is 12.1. The van der Waals surface area contributed by atoms with Crippen molar-refractivity contribution >= 4 is 27.3 Å². The van der Waals surface area contributed by atoms with Gasteiger partial charge in [-0.15, -0.1) is 0 Å². The lowest BCUT2D eigenvalue weighted by Gasteiger charge is -2.22. The molecule has 0 atom stereocenters. The van der Waals surface area contributed by atoms with Gasteiger partial charge in [0.05, 0.1) is 11.9 Å². The van der Waals surface area contributed by atoms with Gasteiger partial charge < -0.3 is 5.32 Å². The Labute approximate surface area is 147 Å². The van der Waals surface area contributed by atoms with E-state index in [0.29, 0.717) is 10.4 Å². The third-order valence-corrected chi connectivity index (χ3v) is 4.55. The average Bonchev–Trinajstić information content (AvgIpc) is 2.53. The van der Waals surface area contributed by atoms with E-state index >= 15 is 0 Å². The molecule has 1 amide bonds. The van der Waals surface area contributed by atoms with Gasteiger partial charge in [0.2, 0.25) is 15.9 Å². The zero-order chi connectivity index (χ0) is 19.5. The van der Waals surface area contributed by atoms with E-state index in [4.69, 9.17) is 0 Å². The normalized spacial score (nSPS) is 11.3. The van der Waals surface area contributed by atoms with Crippen LogP contribution in [0.5, 0.6) is 0 Å². The van der Waals surface area contributed by atoms with Gasteiger partial charge in [0.15, 0.2) is 11.6 Å². The molecule has 2 aromatic rings. The Balaban J connectivity index is 2.15. The molecule has 0 radical (unpaired) electrons. The summed E-state index contributed by atoms with van der Waals surface area (Å²) in [4.78, 5) is 11.9. The fourth-order valence-corrected chi connectivity index (χ4v) is 3.07. The minimum Gasteiger partial charge on any atom is -0.321 e. The Morgan fingerprint density at radius 1 is 1.00 bits per heavy atom. The van der Waals surface area contributed by atoms with Gasteiger partial charge in [-0.2, -0.15) is 0 Å². The van der Waals surface area contributed by atoms with Crippen LogP contribution in [0.15, 0.2) is 36.4 Å². The second-order valence-corrected chi connectivity index (χ2v) is 7.24. The molecule has 1 N–H and O–H groups in total. The standard InChI is InChI=1S/C16H14F4N2O3S/c1-26(24,25)22(10-5-6-11(17)14(20)9-10)8-7-15(23)21-16-12(18)3-2-4-13(16)19/h2-6,9H,7-8H2,1H3,(H,21,23). The van der Waals surface area contributed by atoms with E-state index in [1.165, 1.54) is 0 Å². The van der Waals surface area contributed by atoms with E-state index in [9.17, 15) is 30.8 Å². The molecule has 0 bridgehead atoms.